The van der Waals surface area contributed by atoms with Crippen molar-refractivity contribution in [1.82, 2.24) is 19.7 Å². The summed E-state index contributed by atoms with van der Waals surface area (Å²) in [7, 11) is 2.99. The average molecular weight is 530 g/mol. The van der Waals surface area contributed by atoms with E-state index in [0.29, 0.717) is 43.1 Å². The fourth-order valence-corrected chi connectivity index (χ4v) is 4.66. The smallest absolute Gasteiger partial charge is 0.337 e. The number of aromatic nitrogens is 3. The molecule has 0 aliphatic carbocycles. The number of methoxy groups -OCH3 is 2. The minimum Gasteiger partial charge on any atom is -0.497 e. The van der Waals surface area contributed by atoms with Crippen LogP contribution in [0, 0.1) is 0 Å². The van der Waals surface area contributed by atoms with Crippen LogP contribution in [0.15, 0.2) is 60.8 Å². The molecule has 0 bridgehead atoms. The molecule has 1 amide bonds. The second-order valence-corrected chi connectivity index (χ2v) is 9.28. The molecular formula is C29H31N5O5. The minimum absolute atomic E-state index is 0.121. The molecule has 39 heavy (non-hydrogen) atoms. The number of anilines is 2. The zero-order chi connectivity index (χ0) is 27.4. The summed E-state index contributed by atoms with van der Waals surface area (Å²) in [6.45, 7) is 3.54. The van der Waals surface area contributed by atoms with Crippen molar-refractivity contribution in [3.05, 3.63) is 71.9 Å². The minimum atomic E-state index is -0.393. The molecule has 1 aliphatic rings. The van der Waals surface area contributed by atoms with Gasteiger partial charge in [0.2, 0.25) is 11.8 Å². The van der Waals surface area contributed by atoms with Crippen molar-refractivity contribution >= 4 is 34.3 Å². The highest BCUT2D eigenvalue weighted by Crippen LogP contribution is 2.34. The third-order valence-electron chi connectivity index (χ3n) is 6.76. The SMILES string of the molecule is CCC(=O)N1CCC(Oc2nn(Cc3ccc(OC)cc3)c3nccc(Nc4ccc(C(=O)OC)cc4)c23)C1. The largest absolute Gasteiger partial charge is 0.497 e. The number of carbonyl (C=O) groups excluding carboxylic acids is 2. The zero-order valence-corrected chi connectivity index (χ0v) is 22.2. The molecular weight excluding hydrogens is 498 g/mol. The van der Waals surface area contributed by atoms with Crippen LogP contribution in [0.2, 0.25) is 0 Å². The molecule has 0 spiro atoms. The van der Waals surface area contributed by atoms with Gasteiger partial charge in [0, 0.05) is 31.3 Å². The topological polar surface area (TPSA) is 108 Å². The zero-order valence-electron chi connectivity index (χ0n) is 22.2. The van der Waals surface area contributed by atoms with Gasteiger partial charge in [0.25, 0.3) is 0 Å². The lowest BCUT2D eigenvalue weighted by Crippen LogP contribution is -2.30. The van der Waals surface area contributed by atoms with Gasteiger partial charge in [0.15, 0.2) is 5.65 Å². The Kier molecular flexibility index (Phi) is 7.62. The molecule has 0 radical (unpaired) electrons. The number of benzene rings is 2. The molecule has 1 atom stereocenters. The van der Waals surface area contributed by atoms with Gasteiger partial charge in [0.1, 0.15) is 17.2 Å². The van der Waals surface area contributed by atoms with E-state index in [-0.39, 0.29) is 12.0 Å². The predicted octanol–water partition coefficient (Wildman–Crippen LogP) is 4.41. The third kappa shape index (κ3) is 5.64. The summed E-state index contributed by atoms with van der Waals surface area (Å²) in [5, 5.41) is 8.98. The summed E-state index contributed by atoms with van der Waals surface area (Å²) in [6, 6.07) is 16.7. The number of likely N-dealkylation sites (tertiary alicyclic amines) is 1. The first kappa shape index (κ1) is 26.0. The number of hydrogen-bond acceptors (Lipinski definition) is 8. The lowest BCUT2D eigenvalue weighted by atomic mass is 10.2. The number of pyridine rings is 1. The first-order chi connectivity index (χ1) is 19.0. The van der Waals surface area contributed by atoms with Crippen molar-refractivity contribution in [2.45, 2.75) is 32.4 Å². The van der Waals surface area contributed by atoms with Crippen molar-refractivity contribution in [2.75, 3.05) is 32.6 Å². The highest BCUT2D eigenvalue weighted by Gasteiger charge is 2.29. The van der Waals surface area contributed by atoms with Crippen LogP contribution in [0.4, 0.5) is 11.4 Å². The van der Waals surface area contributed by atoms with Crippen LogP contribution >= 0.6 is 0 Å². The Morgan fingerprint density at radius 1 is 1.05 bits per heavy atom. The van der Waals surface area contributed by atoms with Crippen LogP contribution in [-0.4, -0.2) is 65.0 Å². The maximum absolute atomic E-state index is 12.2. The van der Waals surface area contributed by atoms with Gasteiger partial charge in [-0.3, -0.25) is 4.79 Å². The number of nitrogens with zero attached hydrogens (tertiary/aromatic N) is 4. The first-order valence-electron chi connectivity index (χ1n) is 12.9. The van der Waals surface area contributed by atoms with E-state index < -0.39 is 5.97 Å². The van der Waals surface area contributed by atoms with Gasteiger partial charge in [-0.25, -0.2) is 14.5 Å². The summed E-state index contributed by atoms with van der Waals surface area (Å²) in [4.78, 5) is 30.5. The molecule has 10 heteroatoms. The highest BCUT2D eigenvalue weighted by molar-refractivity contribution is 5.96. The first-order valence-corrected chi connectivity index (χ1v) is 12.9. The van der Waals surface area contributed by atoms with Crippen LogP contribution in [-0.2, 0) is 16.1 Å². The summed E-state index contributed by atoms with van der Waals surface area (Å²) in [5.41, 5.74) is 3.71. The molecule has 1 saturated heterocycles. The summed E-state index contributed by atoms with van der Waals surface area (Å²) < 4.78 is 18.3. The van der Waals surface area contributed by atoms with Crippen LogP contribution < -0.4 is 14.8 Å². The van der Waals surface area contributed by atoms with Crippen molar-refractivity contribution in [2.24, 2.45) is 0 Å². The predicted molar refractivity (Wildman–Crippen MR) is 147 cm³/mol. The number of carbonyl (C=O) groups is 2. The average Bonchev–Trinajstić information content (AvgIpc) is 3.58. The molecule has 1 aliphatic heterocycles. The van der Waals surface area contributed by atoms with Gasteiger partial charge in [-0.1, -0.05) is 19.1 Å². The molecule has 10 nitrogen and oxygen atoms in total. The Hall–Kier alpha value is -4.60. The Morgan fingerprint density at radius 3 is 2.51 bits per heavy atom. The van der Waals surface area contributed by atoms with Crippen LogP contribution in [0.5, 0.6) is 11.6 Å². The molecule has 4 aromatic rings. The molecule has 2 aromatic heterocycles. The van der Waals surface area contributed by atoms with Crippen molar-refractivity contribution in [3.8, 4) is 11.6 Å². The van der Waals surface area contributed by atoms with E-state index in [1.807, 2.05) is 59.0 Å². The van der Waals surface area contributed by atoms with Crippen molar-refractivity contribution in [1.29, 1.82) is 0 Å². The second kappa shape index (κ2) is 11.4. The molecule has 202 valence electrons. The number of amides is 1. The molecule has 1 unspecified atom stereocenters. The maximum atomic E-state index is 12.2. The second-order valence-electron chi connectivity index (χ2n) is 9.28. The third-order valence-corrected chi connectivity index (χ3v) is 6.76. The van der Waals surface area contributed by atoms with Crippen molar-refractivity contribution < 1.29 is 23.8 Å². The number of rotatable bonds is 9. The fraction of sp³-hybridized carbons (Fsp3) is 0.310. The molecule has 5 rings (SSSR count). The summed E-state index contributed by atoms with van der Waals surface area (Å²) in [5.74, 6) is 0.963. The van der Waals surface area contributed by atoms with Crippen LogP contribution in [0.1, 0.15) is 35.7 Å². The van der Waals surface area contributed by atoms with E-state index in [2.05, 4.69) is 10.3 Å². The summed E-state index contributed by atoms with van der Waals surface area (Å²) >= 11 is 0. The maximum Gasteiger partial charge on any atom is 0.337 e. The Balaban J connectivity index is 1.48. The van der Waals surface area contributed by atoms with Gasteiger partial charge in [0.05, 0.1) is 38.6 Å². The number of fused-ring (bicyclic) bond motifs is 1. The van der Waals surface area contributed by atoms with Gasteiger partial charge in [-0.2, -0.15) is 0 Å². The number of ether oxygens (including phenoxy) is 3. The van der Waals surface area contributed by atoms with E-state index in [4.69, 9.17) is 19.3 Å². The normalized spacial score (nSPS) is 14.8. The number of hydrogen-bond donors (Lipinski definition) is 1. The fourth-order valence-electron chi connectivity index (χ4n) is 4.66. The molecule has 1 N–H and O–H groups in total. The molecule has 3 heterocycles. The Labute approximate surface area is 226 Å². The lowest BCUT2D eigenvalue weighted by molar-refractivity contribution is -0.130. The Morgan fingerprint density at radius 2 is 1.82 bits per heavy atom. The van der Waals surface area contributed by atoms with Crippen LogP contribution in [0.3, 0.4) is 0 Å². The van der Waals surface area contributed by atoms with Gasteiger partial charge < -0.3 is 24.4 Å². The monoisotopic (exact) mass is 529 g/mol. The van der Waals surface area contributed by atoms with Crippen molar-refractivity contribution in [3.63, 3.8) is 0 Å². The van der Waals surface area contributed by atoms with E-state index in [0.717, 1.165) is 34.5 Å². The number of nitrogens with one attached hydrogen (secondary N) is 1. The molecule has 1 fully saturated rings. The van der Waals surface area contributed by atoms with E-state index in [1.54, 1.807) is 25.4 Å². The summed E-state index contributed by atoms with van der Waals surface area (Å²) in [6.07, 6.45) is 2.76. The Bertz CT molecular complexity index is 1470. The lowest BCUT2D eigenvalue weighted by Gasteiger charge is -2.16. The van der Waals surface area contributed by atoms with E-state index >= 15 is 0 Å². The van der Waals surface area contributed by atoms with Gasteiger partial charge >= 0.3 is 5.97 Å². The molecule has 0 saturated carbocycles. The van der Waals surface area contributed by atoms with Crippen LogP contribution in [0.25, 0.3) is 11.0 Å². The number of esters is 1. The standard InChI is InChI=1S/C29H31N5O5/c1-4-25(35)33-16-14-23(18-33)39-28-26-24(31-21-9-7-20(8-10-21)29(36)38-3)13-15-30-27(26)34(32-28)17-19-5-11-22(37-2)12-6-19/h5-13,15,23H,4,14,16-18H2,1-3H3,(H,30,31). The quantitative estimate of drug-likeness (QED) is 0.318. The molecule has 2 aromatic carbocycles. The van der Waals surface area contributed by atoms with Gasteiger partial charge in [-0.15, -0.1) is 5.10 Å². The van der Waals surface area contributed by atoms with E-state index in [9.17, 15) is 9.59 Å². The highest BCUT2D eigenvalue weighted by atomic mass is 16.5. The van der Waals surface area contributed by atoms with Gasteiger partial charge in [-0.05, 0) is 48.0 Å². The van der Waals surface area contributed by atoms with E-state index in [1.165, 1.54) is 7.11 Å².